The number of amides is 2. The second kappa shape index (κ2) is 11.5. The van der Waals surface area contributed by atoms with E-state index < -0.39 is 11.9 Å². The molecule has 0 atom stereocenters. The molecule has 0 heterocycles. The lowest BCUT2D eigenvalue weighted by Gasteiger charge is -2.09. The van der Waals surface area contributed by atoms with Crippen molar-refractivity contribution in [3.8, 4) is 5.75 Å². The Kier molecular flexibility index (Phi) is 8.18. The van der Waals surface area contributed by atoms with Gasteiger partial charge in [0.1, 0.15) is 5.75 Å². The number of benzene rings is 3. The molecule has 0 radical (unpaired) electrons. The van der Waals surface area contributed by atoms with Crippen molar-refractivity contribution in [2.75, 3.05) is 23.8 Å². The van der Waals surface area contributed by atoms with E-state index in [1.165, 1.54) is 0 Å². The molecule has 33 heavy (non-hydrogen) atoms. The van der Waals surface area contributed by atoms with Crippen LogP contribution in [0.2, 0.25) is 0 Å². The molecule has 0 spiro atoms. The van der Waals surface area contributed by atoms with Gasteiger partial charge in [0.2, 0.25) is 0 Å². The van der Waals surface area contributed by atoms with Gasteiger partial charge in [0.25, 0.3) is 11.8 Å². The standard InChI is InChI=1S/C26H26N2O5/c1-3-32-23-14-12-22(13-15-23)28-26(31)20-8-10-21(11-9-20)27-24(29)17-33-25(30)16-19-6-4-18(2)5-7-19/h4-15H,3,16-17H2,1-2H3,(H,27,29)(H,28,31). The van der Waals surface area contributed by atoms with Crippen molar-refractivity contribution in [3.05, 3.63) is 89.5 Å². The average Bonchev–Trinajstić information content (AvgIpc) is 2.81. The summed E-state index contributed by atoms with van der Waals surface area (Å²) < 4.78 is 10.4. The van der Waals surface area contributed by atoms with E-state index in [4.69, 9.17) is 9.47 Å². The molecule has 7 nitrogen and oxygen atoms in total. The molecule has 3 aromatic rings. The molecule has 3 aromatic carbocycles. The summed E-state index contributed by atoms with van der Waals surface area (Å²) in [4.78, 5) is 36.4. The van der Waals surface area contributed by atoms with Gasteiger partial charge in [-0.25, -0.2) is 0 Å². The van der Waals surface area contributed by atoms with Crippen molar-refractivity contribution < 1.29 is 23.9 Å². The average molecular weight is 447 g/mol. The fraction of sp³-hybridized carbons (Fsp3) is 0.192. The van der Waals surface area contributed by atoms with E-state index in [1.807, 2.05) is 38.1 Å². The van der Waals surface area contributed by atoms with Crippen LogP contribution in [0.25, 0.3) is 0 Å². The van der Waals surface area contributed by atoms with Crippen molar-refractivity contribution in [3.63, 3.8) is 0 Å². The van der Waals surface area contributed by atoms with E-state index in [9.17, 15) is 14.4 Å². The number of ether oxygens (including phenoxy) is 2. The molecule has 0 saturated heterocycles. The first-order chi connectivity index (χ1) is 15.9. The molecule has 3 rings (SSSR count). The molecule has 2 N–H and O–H groups in total. The zero-order valence-electron chi connectivity index (χ0n) is 18.6. The Hall–Kier alpha value is -4.13. The number of aryl methyl sites for hydroxylation is 1. The van der Waals surface area contributed by atoms with Crippen LogP contribution in [0.15, 0.2) is 72.8 Å². The highest BCUT2D eigenvalue weighted by Crippen LogP contribution is 2.17. The Morgan fingerprint density at radius 1 is 0.788 bits per heavy atom. The molecular weight excluding hydrogens is 420 g/mol. The first-order valence-electron chi connectivity index (χ1n) is 10.6. The Morgan fingerprint density at radius 2 is 1.39 bits per heavy atom. The highest BCUT2D eigenvalue weighted by atomic mass is 16.5. The molecule has 170 valence electrons. The lowest BCUT2D eigenvalue weighted by Crippen LogP contribution is -2.21. The first-order valence-corrected chi connectivity index (χ1v) is 10.6. The van der Waals surface area contributed by atoms with Gasteiger partial charge in [0.05, 0.1) is 13.0 Å². The van der Waals surface area contributed by atoms with E-state index >= 15 is 0 Å². The third kappa shape index (κ3) is 7.50. The van der Waals surface area contributed by atoms with E-state index in [0.717, 1.165) is 16.9 Å². The summed E-state index contributed by atoms with van der Waals surface area (Å²) in [6.45, 7) is 4.06. The van der Waals surface area contributed by atoms with Gasteiger partial charge in [0, 0.05) is 16.9 Å². The zero-order chi connectivity index (χ0) is 23.6. The van der Waals surface area contributed by atoms with Crippen LogP contribution in [0.1, 0.15) is 28.4 Å². The van der Waals surface area contributed by atoms with Gasteiger partial charge in [-0.05, 0) is 67.9 Å². The molecule has 0 aliphatic heterocycles. The molecule has 0 aliphatic carbocycles. The van der Waals surface area contributed by atoms with Crippen LogP contribution in [0.4, 0.5) is 11.4 Å². The lowest BCUT2D eigenvalue weighted by molar-refractivity contribution is -0.146. The first kappa shape index (κ1) is 23.5. The number of hydrogen-bond acceptors (Lipinski definition) is 5. The van der Waals surface area contributed by atoms with Crippen LogP contribution in [-0.4, -0.2) is 31.0 Å². The number of carbonyl (C=O) groups excluding carboxylic acids is 3. The molecule has 0 fully saturated rings. The lowest BCUT2D eigenvalue weighted by atomic mass is 10.1. The molecule has 0 bridgehead atoms. The summed E-state index contributed by atoms with van der Waals surface area (Å²) in [6.07, 6.45) is 0.103. The van der Waals surface area contributed by atoms with Crippen molar-refractivity contribution in [1.82, 2.24) is 0 Å². The predicted molar refractivity (Wildman–Crippen MR) is 126 cm³/mol. The van der Waals surface area contributed by atoms with E-state index in [1.54, 1.807) is 48.5 Å². The van der Waals surface area contributed by atoms with Gasteiger partial charge in [-0.2, -0.15) is 0 Å². The largest absolute Gasteiger partial charge is 0.494 e. The van der Waals surface area contributed by atoms with Gasteiger partial charge < -0.3 is 20.1 Å². The summed E-state index contributed by atoms with van der Waals surface area (Å²) in [7, 11) is 0. The molecular formula is C26H26N2O5. The van der Waals surface area contributed by atoms with Crippen LogP contribution < -0.4 is 15.4 Å². The highest BCUT2D eigenvalue weighted by molar-refractivity contribution is 6.04. The maximum Gasteiger partial charge on any atom is 0.310 e. The van der Waals surface area contributed by atoms with Crippen molar-refractivity contribution in [2.45, 2.75) is 20.3 Å². The molecule has 7 heteroatoms. The van der Waals surface area contributed by atoms with Crippen LogP contribution in [0, 0.1) is 6.92 Å². The Balaban J connectivity index is 1.45. The van der Waals surface area contributed by atoms with Gasteiger partial charge in [0.15, 0.2) is 6.61 Å². The number of esters is 1. The monoisotopic (exact) mass is 446 g/mol. The summed E-state index contributed by atoms with van der Waals surface area (Å²) in [5, 5.41) is 5.45. The molecule has 2 amide bonds. The smallest absolute Gasteiger partial charge is 0.310 e. The molecule has 0 aliphatic rings. The highest BCUT2D eigenvalue weighted by Gasteiger charge is 2.10. The Labute approximate surface area is 192 Å². The van der Waals surface area contributed by atoms with Crippen LogP contribution >= 0.6 is 0 Å². The maximum absolute atomic E-state index is 12.4. The molecule has 0 saturated carbocycles. The topological polar surface area (TPSA) is 93.7 Å². The molecule has 0 unspecified atom stereocenters. The van der Waals surface area contributed by atoms with Crippen molar-refractivity contribution in [2.24, 2.45) is 0 Å². The number of hydrogen-bond donors (Lipinski definition) is 2. The summed E-state index contributed by atoms with van der Waals surface area (Å²) in [5.74, 6) is -0.479. The number of carbonyl (C=O) groups is 3. The van der Waals surface area contributed by atoms with E-state index in [2.05, 4.69) is 10.6 Å². The van der Waals surface area contributed by atoms with Gasteiger partial charge >= 0.3 is 5.97 Å². The van der Waals surface area contributed by atoms with Gasteiger partial charge in [-0.1, -0.05) is 29.8 Å². The van der Waals surface area contributed by atoms with Crippen molar-refractivity contribution >= 4 is 29.2 Å². The summed E-state index contributed by atoms with van der Waals surface area (Å²) in [5.41, 5.74) is 3.50. The minimum atomic E-state index is -0.477. The maximum atomic E-state index is 12.4. The number of nitrogens with one attached hydrogen (secondary N) is 2. The Morgan fingerprint density at radius 3 is 2.03 bits per heavy atom. The third-order valence-electron chi connectivity index (χ3n) is 4.69. The minimum Gasteiger partial charge on any atom is -0.494 e. The van der Waals surface area contributed by atoms with Gasteiger partial charge in [-0.15, -0.1) is 0 Å². The fourth-order valence-electron chi connectivity index (χ4n) is 2.98. The summed E-state index contributed by atoms with van der Waals surface area (Å²) in [6, 6.07) is 21.0. The normalized spacial score (nSPS) is 10.2. The van der Waals surface area contributed by atoms with Crippen LogP contribution in [-0.2, 0) is 20.7 Å². The number of anilines is 2. The minimum absolute atomic E-state index is 0.103. The zero-order valence-corrected chi connectivity index (χ0v) is 18.6. The quantitative estimate of drug-likeness (QED) is 0.476. The second-order valence-electron chi connectivity index (χ2n) is 7.36. The number of rotatable bonds is 9. The molecule has 0 aromatic heterocycles. The van der Waals surface area contributed by atoms with Crippen LogP contribution in [0.5, 0.6) is 5.75 Å². The van der Waals surface area contributed by atoms with Gasteiger partial charge in [-0.3, -0.25) is 14.4 Å². The SMILES string of the molecule is CCOc1ccc(NC(=O)c2ccc(NC(=O)COC(=O)Cc3ccc(C)cc3)cc2)cc1. The van der Waals surface area contributed by atoms with Crippen LogP contribution in [0.3, 0.4) is 0 Å². The second-order valence-corrected chi connectivity index (χ2v) is 7.36. The third-order valence-corrected chi connectivity index (χ3v) is 4.69. The van der Waals surface area contributed by atoms with E-state index in [0.29, 0.717) is 23.5 Å². The van der Waals surface area contributed by atoms with Crippen molar-refractivity contribution in [1.29, 1.82) is 0 Å². The van der Waals surface area contributed by atoms with E-state index in [-0.39, 0.29) is 18.9 Å². The fourth-order valence-corrected chi connectivity index (χ4v) is 2.98. The predicted octanol–water partition coefficient (Wildman–Crippen LogP) is 4.37. The Bertz CT molecular complexity index is 1090. The summed E-state index contributed by atoms with van der Waals surface area (Å²) >= 11 is 0.